The molecule has 1 atom stereocenters. The highest BCUT2D eigenvalue weighted by Gasteiger charge is 2.40. The van der Waals surface area contributed by atoms with Gasteiger partial charge in [0.1, 0.15) is 5.82 Å². The number of amides is 2. The Morgan fingerprint density at radius 2 is 1.69 bits per heavy atom. The highest BCUT2D eigenvalue weighted by Crippen LogP contribution is 2.34. The Hall–Kier alpha value is -3.15. The maximum atomic E-state index is 13.9. The van der Waals surface area contributed by atoms with E-state index in [9.17, 15) is 9.59 Å². The number of fused-ring (bicyclic) bond motifs is 3. The molecule has 4 rings (SSSR count). The van der Waals surface area contributed by atoms with E-state index in [0.717, 1.165) is 17.5 Å². The molecule has 2 heterocycles. The van der Waals surface area contributed by atoms with Crippen LogP contribution in [-0.2, 0) is 16.1 Å². The number of aromatic nitrogens is 2. The summed E-state index contributed by atoms with van der Waals surface area (Å²) < 4.78 is 2.02. The van der Waals surface area contributed by atoms with Gasteiger partial charge in [-0.1, -0.05) is 51.1 Å². The fraction of sp³-hybridized carbons (Fsp3) is 0.423. The fourth-order valence-electron chi connectivity index (χ4n) is 5.01. The predicted octanol–water partition coefficient (Wildman–Crippen LogP) is 4.85. The predicted molar refractivity (Wildman–Crippen MR) is 127 cm³/mol. The van der Waals surface area contributed by atoms with Crippen molar-refractivity contribution in [1.29, 1.82) is 0 Å². The first-order valence-electron chi connectivity index (χ1n) is 11.2. The van der Waals surface area contributed by atoms with Crippen LogP contribution in [0.15, 0.2) is 54.6 Å². The molecular weight excluding hydrogens is 400 g/mol. The molecule has 1 N–H and O–H groups in total. The molecule has 6 nitrogen and oxygen atoms in total. The van der Waals surface area contributed by atoms with Gasteiger partial charge in [0.25, 0.3) is 5.91 Å². The van der Waals surface area contributed by atoms with E-state index in [4.69, 9.17) is 4.98 Å². The van der Waals surface area contributed by atoms with E-state index in [1.807, 2.05) is 73.0 Å². The number of aryl methyl sites for hydroxylation is 1. The van der Waals surface area contributed by atoms with Crippen molar-refractivity contribution in [1.82, 2.24) is 14.9 Å². The molecule has 2 amide bonds. The molecule has 0 spiro atoms. The first-order chi connectivity index (χ1) is 15.1. The Morgan fingerprint density at radius 3 is 2.38 bits per heavy atom. The van der Waals surface area contributed by atoms with Gasteiger partial charge in [0.05, 0.1) is 11.0 Å². The number of hydrogen-bond donors (Lipinski definition) is 1. The van der Waals surface area contributed by atoms with E-state index in [2.05, 4.69) is 26.1 Å². The number of rotatable bonds is 4. The summed E-state index contributed by atoms with van der Waals surface area (Å²) >= 11 is 0. The smallest absolute Gasteiger partial charge is 0.251 e. The minimum Gasteiger partial charge on any atom is -0.349 e. The van der Waals surface area contributed by atoms with Gasteiger partial charge in [-0.15, -0.1) is 0 Å². The zero-order chi connectivity index (χ0) is 23.1. The summed E-state index contributed by atoms with van der Waals surface area (Å²) in [6.07, 6.45) is 1.10. The van der Waals surface area contributed by atoms with E-state index in [0.29, 0.717) is 24.5 Å². The van der Waals surface area contributed by atoms with Crippen LogP contribution in [0.2, 0.25) is 0 Å². The largest absolute Gasteiger partial charge is 0.349 e. The molecule has 0 radical (unpaired) electrons. The molecule has 168 valence electrons. The summed E-state index contributed by atoms with van der Waals surface area (Å²) in [6, 6.07) is 16.4. The molecule has 1 aliphatic heterocycles. The normalized spacial score (nSPS) is 17.2. The van der Waals surface area contributed by atoms with Gasteiger partial charge in [-0.05, 0) is 49.9 Å². The van der Waals surface area contributed by atoms with Gasteiger partial charge in [0.2, 0.25) is 5.91 Å². The third-order valence-electron chi connectivity index (χ3n) is 5.72. The molecular formula is C26H32N4O2. The van der Waals surface area contributed by atoms with Crippen LogP contribution in [-0.4, -0.2) is 26.9 Å². The number of nitrogens with one attached hydrogen (secondary N) is 1. The van der Waals surface area contributed by atoms with Gasteiger partial charge in [0, 0.05) is 24.2 Å². The van der Waals surface area contributed by atoms with E-state index in [1.54, 1.807) is 4.90 Å². The lowest BCUT2D eigenvalue weighted by Crippen LogP contribution is -2.51. The minimum atomic E-state index is -0.848. The number of hydrogen-bond acceptors (Lipinski definition) is 3. The number of nitrogens with zero attached hydrogens (tertiary/aromatic N) is 3. The molecule has 0 fully saturated rings. The van der Waals surface area contributed by atoms with E-state index in [1.165, 1.54) is 0 Å². The van der Waals surface area contributed by atoms with Crippen LogP contribution < -0.4 is 10.2 Å². The molecule has 3 aromatic rings. The molecule has 0 bridgehead atoms. The second kappa shape index (κ2) is 8.08. The standard InChI is InChI=1S/C26H32N4O2/c1-25(2,3)17-26(4,5)28-24(32)22-23-27-19-13-9-10-14-20(19)29(23)16-15-21(31)30(22)18-11-7-6-8-12-18/h6-14,22H,15-17H2,1-5H3,(H,28,32). The zero-order valence-electron chi connectivity index (χ0n) is 19.6. The second-order valence-electron chi connectivity index (χ2n) is 10.5. The van der Waals surface area contributed by atoms with Crippen molar-refractivity contribution in [2.75, 3.05) is 4.90 Å². The number of imidazole rings is 1. The average Bonchev–Trinajstić information content (AvgIpc) is 2.99. The number of benzene rings is 2. The summed E-state index contributed by atoms with van der Waals surface area (Å²) in [5, 5.41) is 3.23. The summed E-state index contributed by atoms with van der Waals surface area (Å²) in [5.74, 6) is 0.305. The number of anilines is 1. The second-order valence-corrected chi connectivity index (χ2v) is 10.5. The number of para-hydroxylation sites is 3. The number of carbonyl (C=O) groups is 2. The van der Waals surface area contributed by atoms with Crippen LogP contribution in [0.25, 0.3) is 11.0 Å². The lowest BCUT2D eigenvalue weighted by molar-refractivity contribution is -0.127. The highest BCUT2D eigenvalue weighted by molar-refractivity contribution is 6.02. The molecule has 6 heteroatoms. The average molecular weight is 433 g/mol. The molecule has 32 heavy (non-hydrogen) atoms. The van der Waals surface area contributed by atoms with E-state index >= 15 is 0 Å². The van der Waals surface area contributed by atoms with Crippen molar-refractivity contribution in [2.45, 2.75) is 65.6 Å². The molecule has 0 aliphatic carbocycles. The molecule has 1 aromatic heterocycles. The Labute approximate surface area is 189 Å². The first-order valence-corrected chi connectivity index (χ1v) is 11.2. The summed E-state index contributed by atoms with van der Waals surface area (Å²) in [4.78, 5) is 33.7. The van der Waals surface area contributed by atoms with Crippen molar-refractivity contribution in [2.24, 2.45) is 5.41 Å². The zero-order valence-corrected chi connectivity index (χ0v) is 19.6. The van der Waals surface area contributed by atoms with E-state index < -0.39 is 11.6 Å². The first kappa shape index (κ1) is 22.1. The van der Waals surface area contributed by atoms with Gasteiger partial charge in [-0.25, -0.2) is 4.98 Å². The fourth-order valence-corrected chi connectivity index (χ4v) is 5.01. The maximum Gasteiger partial charge on any atom is 0.251 e. The highest BCUT2D eigenvalue weighted by atomic mass is 16.2. The summed E-state index contributed by atoms with van der Waals surface area (Å²) in [7, 11) is 0. The van der Waals surface area contributed by atoms with Crippen molar-refractivity contribution in [3.8, 4) is 0 Å². The van der Waals surface area contributed by atoms with E-state index in [-0.39, 0.29) is 17.2 Å². The van der Waals surface area contributed by atoms with Crippen LogP contribution in [0.4, 0.5) is 5.69 Å². The lowest BCUT2D eigenvalue weighted by atomic mass is 9.81. The third-order valence-corrected chi connectivity index (χ3v) is 5.72. The quantitative estimate of drug-likeness (QED) is 0.641. The van der Waals surface area contributed by atoms with Crippen molar-refractivity contribution < 1.29 is 9.59 Å². The molecule has 0 saturated heterocycles. The Bertz CT molecular complexity index is 1140. The summed E-state index contributed by atoms with van der Waals surface area (Å²) in [5.41, 5.74) is 2.08. The third kappa shape index (κ3) is 4.40. The van der Waals surface area contributed by atoms with Crippen LogP contribution >= 0.6 is 0 Å². The Kier molecular flexibility index (Phi) is 5.57. The van der Waals surface area contributed by atoms with Crippen LogP contribution in [0.3, 0.4) is 0 Å². The monoisotopic (exact) mass is 432 g/mol. The summed E-state index contributed by atoms with van der Waals surface area (Å²) in [6.45, 7) is 11.0. The van der Waals surface area contributed by atoms with Gasteiger partial charge < -0.3 is 9.88 Å². The Balaban J connectivity index is 1.83. The number of carbonyl (C=O) groups excluding carboxylic acids is 2. The van der Waals surface area contributed by atoms with Crippen molar-refractivity contribution in [3.05, 3.63) is 60.4 Å². The molecule has 0 saturated carbocycles. The van der Waals surface area contributed by atoms with Crippen LogP contribution in [0.1, 0.15) is 59.3 Å². The maximum absolute atomic E-state index is 13.9. The van der Waals surface area contributed by atoms with Crippen LogP contribution in [0.5, 0.6) is 0 Å². The van der Waals surface area contributed by atoms with Crippen molar-refractivity contribution in [3.63, 3.8) is 0 Å². The Morgan fingerprint density at radius 1 is 1.03 bits per heavy atom. The molecule has 1 aliphatic rings. The van der Waals surface area contributed by atoms with Crippen molar-refractivity contribution >= 4 is 28.5 Å². The SMILES string of the molecule is CC(C)(C)CC(C)(C)NC(=O)C1c2nc3ccccc3n2CCC(=O)N1c1ccccc1. The molecule has 2 aromatic carbocycles. The lowest BCUT2D eigenvalue weighted by Gasteiger charge is -2.36. The van der Waals surface area contributed by atoms with Gasteiger partial charge in [0.15, 0.2) is 6.04 Å². The van der Waals surface area contributed by atoms with Gasteiger partial charge >= 0.3 is 0 Å². The van der Waals surface area contributed by atoms with Gasteiger partial charge in [-0.3, -0.25) is 14.5 Å². The minimum absolute atomic E-state index is 0.0440. The molecule has 1 unspecified atom stereocenters. The van der Waals surface area contributed by atoms with Gasteiger partial charge in [-0.2, -0.15) is 0 Å². The van der Waals surface area contributed by atoms with Crippen LogP contribution in [0, 0.1) is 5.41 Å². The topological polar surface area (TPSA) is 67.2 Å².